The SMILES string of the molecule is CCCCCSc1ncnc(C(C)Oc2cc(Cl)cc(Cl)c2)n1. The Labute approximate surface area is 151 Å². The molecular formula is C16H19Cl2N3OS. The van der Waals surface area contributed by atoms with Gasteiger partial charge in [0.05, 0.1) is 0 Å². The van der Waals surface area contributed by atoms with Crippen LogP contribution in [0.1, 0.15) is 45.0 Å². The molecule has 0 aliphatic heterocycles. The van der Waals surface area contributed by atoms with Crippen molar-refractivity contribution in [3.8, 4) is 5.75 Å². The molecule has 0 radical (unpaired) electrons. The minimum Gasteiger partial charge on any atom is -0.483 e. The molecule has 4 nitrogen and oxygen atoms in total. The molecule has 7 heteroatoms. The first-order valence-electron chi connectivity index (χ1n) is 7.53. The Morgan fingerprint density at radius 2 is 1.87 bits per heavy atom. The number of thioether (sulfide) groups is 1. The fraction of sp³-hybridized carbons (Fsp3) is 0.438. The van der Waals surface area contributed by atoms with Gasteiger partial charge in [0, 0.05) is 15.8 Å². The first-order chi connectivity index (χ1) is 11.1. The van der Waals surface area contributed by atoms with Crippen LogP contribution in [-0.2, 0) is 0 Å². The lowest BCUT2D eigenvalue weighted by molar-refractivity contribution is 0.215. The van der Waals surface area contributed by atoms with Crippen molar-refractivity contribution >= 4 is 35.0 Å². The van der Waals surface area contributed by atoms with Crippen LogP contribution in [0.15, 0.2) is 29.7 Å². The largest absolute Gasteiger partial charge is 0.483 e. The number of unbranched alkanes of at least 4 members (excludes halogenated alkanes) is 2. The topological polar surface area (TPSA) is 47.9 Å². The fourth-order valence-electron chi connectivity index (χ4n) is 1.93. The van der Waals surface area contributed by atoms with Crippen LogP contribution in [-0.4, -0.2) is 20.7 Å². The van der Waals surface area contributed by atoms with Crippen LogP contribution >= 0.6 is 35.0 Å². The molecule has 0 fully saturated rings. The van der Waals surface area contributed by atoms with Gasteiger partial charge in [-0.2, -0.15) is 0 Å². The third kappa shape index (κ3) is 6.16. The number of nitrogens with zero attached hydrogens (tertiary/aromatic N) is 3. The second-order valence-corrected chi connectivity index (χ2v) is 6.98. The van der Waals surface area contributed by atoms with Gasteiger partial charge < -0.3 is 4.74 Å². The average Bonchev–Trinajstić information content (AvgIpc) is 2.51. The van der Waals surface area contributed by atoms with Crippen molar-refractivity contribution in [2.24, 2.45) is 0 Å². The molecule has 2 aromatic rings. The summed E-state index contributed by atoms with van der Waals surface area (Å²) in [4.78, 5) is 12.9. The van der Waals surface area contributed by atoms with Crippen LogP contribution in [0.25, 0.3) is 0 Å². The highest BCUT2D eigenvalue weighted by molar-refractivity contribution is 7.99. The second-order valence-electron chi connectivity index (χ2n) is 5.05. The van der Waals surface area contributed by atoms with E-state index in [0.29, 0.717) is 21.6 Å². The molecule has 0 saturated carbocycles. The van der Waals surface area contributed by atoms with E-state index in [0.717, 1.165) is 17.3 Å². The van der Waals surface area contributed by atoms with E-state index in [9.17, 15) is 0 Å². The van der Waals surface area contributed by atoms with Crippen molar-refractivity contribution in [1.29, 1.82) is 0 Å². The molecular weight excluding hydrogens is 353 g/mol. The zero-order valence-electron chi connectivity index (χ0n) is 13.1. The molecule has 1 aromatic heterocycles. The molecule has 124 valence electrons. The third-order valence-electron chi connectivity index (χ3n) is 3.06. The Hall–Kier alpha value is -1.04. The van der Waals surface area contributed by atoms with Crippen molar-refractivity contribution < 1.29 is 4.74 Å². The second kappa shape index (κ2) is 9.30. The number of ether oxygens (including phenoxy) is 1. The van der Waals surface area contributed by atoms with Crippen molar-refractivity contribution in [3.63, 3.8) is 0 Å². The zero-order valence-corrected chi connectivity index (χ0v) is 15.5. The monoisotopic (exact) mass is 371 g/mol. The first-order valence-corrected chi connectivity index (χ1v) is 9.27. The van der Waals surface area contributed by atoms with Crippen LogP contribution in [0.3, 0.4) is 0 Å². The van der Waals surface area contributed by atoms with E-state index in [-0.39, 0.29) is 6.10 Å². The molecule has 0 bridgehead atoms. The molecule has 2 rings (SSSR count). The van der Waals surface area contributed by atoms with Crippen LogP contribution in [0.2, 0.25) is 10.0 Å². The third-order valence-corrected chi connectivity index (χ3v) is 4.44. The summed E-state index contributed by atoms with van der Waals surface area (Å²) in [5.41, 5.74) is 0. The summed E-state index contributed by atoms with van der Waals surface area (Å²) in [7, 11) is 0. The maximum atomic E-state index is 5.98. The normalized spacial score (nSPS) is 12.2. The predicted octanol–water partition coefficient (Wildman–Crippen LogP) is 5.60. The molecule has 0 spiro atoms. The number of halogens is 2. The van der Waals surface area contributed by atoms with Gasteiger partial charge in [-0.05, 0) is 31.5 Å². The predicted molar refractivity (Wildman–Crippen MR) is 95.6 cm³/mol. The fourth-order valence-corrected chi connectivity index (χ4v) is 3.24. The summed E-state index contributed by atoms with van der Waals surface area (Å²) in [6.07, 6.45) is 4.79. The lowest BCUT2D eigenvalue weighted by atomic mass is 10.3. The van der Waals surface area contributed by atoms with Gasteiger partial charge in [-0.25, -0.2) is 15.0 Å². The molecule has 1 heterocycles. The molecule has 0 aliphatic rings. The van der Waals surface area contributed by atoms with Crippen LogP contribution < -0.4 is 4.74 Å². The van der Waals surface area contributed by atoms with E-state index in [1.807, 2.05) is 6.92 Å². The van der Waals surface area contributed by atoms with E-state index in [2.05, 4.69) is 21.9 Å². The maximum absolute atomic E-state index is 5.98. The lowest BCUT2D eigenvalue weighted by Gasteiger charge is -2.14. The summed E-state index contributed by atoms with van der Waals surface area (Å²) in [6.45, 7) is 4.07. The summed E-state index contributed by atoms with van der Waals surface area (Å²) in [5.74, 6) is 2.19. The number of benzene rings is 1. The van der Waals surface area contributed by atoms with E-state index < -0.39 is 0 Å². The lowest BCUT2D eigenvalue weighted by Crippen LogP contribution is -2.09. The number of hydrogen-bond acceptors (Lipinski definition) is 5. The molecule has 0 amide bonds. The molecule has 0 saturated heterocycles. The Bertz CT molecular complexity index is 622. The van der Waals surface area contributed by atoms with E-state index in [1.54, 1.807) is 30.0 Å². The summed E-state index contributed by atoms with van der Waals surface area (Å²) < 4.78 is 5.83. The van der Waals surface area contributed by atoms with Crippen molar-refractivity contribution in [1.82, 2.24) is 15.0 Å². The van der Waals surface area contributed by atoms with E-state index in [1.165, 1.54) is 19.2 Å². The van der Waals surface area contributed by atoms with Gasteiger partial charge in [-0.15, -0.1) is 0 Å². The first kappa shape index (κ1) is 18.3. The standard InChI is InChI=1S/C16H19Cl2N3OS/c1-3-4-5-6-23-16-20-10-19-15(21-16)11(2)22-14-8-12(17)7-13(18)9-14/h7-11H,3-6H2,1-2H3. The minimum atomic E-state index is -0.317. The Morgan fingerprint density at radius 3 is 2.57 bits per heavy atom. The molecule has 23 heavy (non-hydrogen) atoms. The number of rotatable bonds is 8. The van der Waals surface area contributed by atoms with Crippen molar-refractivity contribution in [2.75, 3.05) is 5.75 Å². The van der Waals surface area contributed by atoms with Gasteiger partial charge >= 0.3 is 0 Å². The average molecular weight is 372 g/mol. The van der Waals surface area contributed by atoms with E-state index in [4.69, 9.17) is 27.9 Å². The summed E-state index contributed by atoms with van der Waals surface area (Å²) in [6, 6.07) is 5.09. The van der Waals surface area contributed by atoms with Crippen molar-refractivity contribution in [2.45, 2.75) is 44.4 Å². The molecule has 0 aliphatic carbocycles. The van der Waals surface area contributed by atoms with Crippen LogP contribution in [0, 0.1) is 0 Å². The van der Waals surface area contributed by atoms with E-state index >= 15 is 0 Å². The highest BCUT2D eigenvalue weighted by atomic mass is 35.5. The molecule has 0 N–H and O–H groups in total. The van der Waals surface area contributed by atoms with Crippen LogP contribution in [0.5, 0.6) is 5.75 Å². The smallest absolute Gasteiger partial charge is 0.190 e. The van der Waals surface area contributed by atoms with Gasteiger partial charge in [0.25, 0.3) is 0 Å². The number of hydrogen-bond donors (Lipinski definition) is 0. The van der Waals surface area contributed by atoms with Gasteiger partial charge in [0.2, 0.25) is 0 Å². The van der Waals surface area contributed by atoms with Gasteiger partial charge in [0.1, 0.15) is 12.1 Å². The Morgan fingerprint density at radius 1 is 1.13 bits per heavy atom. The zero-order chi connectivity index (χ0) is 16.7. The number of aromatic nitrogens is 3. The Kier molecular flexibility index (Phi) is 7.40. The van der Waals surface area contributed by atoms with Gasteiger partial charge in [-0.1, -0.05) is 54.7 Å². The van der Waals surface area contributed by atoms with Gasteiger partial charge in [0.15, 0.2) is 17.1 Å². The molecule has 1 aromatic carbocycles. The minimum absolute atomic E-state index is 0.317. The Balaban J connectivity index is 1.99. The van der Waals surface area contributed by atoms with Gasteiger partial charge in [-0.3, -0.25) is 0 Å². The molecule has 1 atom stereocenters. The summed E-state index contributed by atoms with van der Waals surface area (Å²) in [5, 5.41) is 1.79. The highest BCUT2D eigenvalue weighted by Crippen LogP contribution is 2.27. The van der Waals surface area contributed by atoms with Crippen LogP contribution in [0.4, 0.5) is 0 Å². The highest BCUT2D eigenvalue weighted by Gasteiger charge is 2.13. The quantitative estimate of drug-likeness (QED) is 0.446. The summed E-state index contributed by atoms with van der Waals surface area (Å²) >= 11 is 13.6. The maximum Gasteiger partial charge on any atom is 0.190 e. The molecule has 1 unspecified atom stereocenters. The van der Waals surface area contributed by atoms with Crippen molar-refractivity contribution in [3.05, 3.63) is 40.4 Å².